The highest BCUT2D eigenvalue weighted by Crippen LogP contribution is 2.24. The van der Waals surface area contributed by atoms with Crippen molar-refractivity contribution >= 4 is 9.84 Å². The second-order valence-corrected chi connectivity index (χ2v) is 7.93. The summed E-state index contributed by atoms with van der Waals surface area (Å²) in [5, 5.41) is 9.95. The van der Waals surface area contributed by atoms with Crippen molar-refractivity contribution in [3.63, 3.8) is 0 Å². The molecule has 1 aromatic carbocycles. The number of benzene rings is 1. The van der Waals surface area contributed by atoms with Gasteiger partial charge in [0.05, 0.1) is 16.8 Å². The van der Waals surface area contributed by atoms with E-state index in [1.807, 2.05) is 33.8 Å². The molecule has 1 atom stereocenters. The van der Waals surface area contributed by atoms with E-state index in [-0.39, 0.29) is 5.75 Å². The van der Waals surface area contributed by atoms with Crippen molar-refractivity contribution in [2.45, 2.75) is 45.6 Å². The first-order chi connectivity index (χ1) is 8.04. The molecule has 3 nitrogen and oxygen atoms in total. The van der Waals surface area contributed by atoms with Gasteiger partial charge in [-0.3, -0.25) is 0 Å². The van der Waals surface area contributed by atoms with Crippen LogP contribution in [0.25, 0.3) is 0 Å². The van der Waals surface area contributed by atoms with Crippen molar-refractivity contribution in [1.29, 1.82) is 0 Å². The predicted molar refractivity (Wildman–Crippen MR) is 73.4 cm³/mol. The van der Waals surface area contributed by atoms with Crippen LogP contribution in [0.15, 0.2) is 23.1 Å². The third-order valence-corrected chi connectivity index (χ3v) is 4.93. The van der Waals surface area contributed by atoms with E-state index < -0.39 is 21.4 Å². The Labute approximate surface area is 110 Å². The zero-order valence-corrected chi connectivity index (χ0v) is 12.5. The minimum absolute atomic E-state index is 0.236. The molecule has 0 heterocycles. The number of rotatable bonds is 3. The maximum Gasteiger partial charge on any atom is 0.181 e. The maximum atomic E-state index is 12.3. The zero-order chi connectivity index (χ0) is 14.1. The molecule has 0 aliphatic rings. The average Bonchev–Trinajstić information content (AvgIpc) is 2.14. The van der Waals surface area contributed by atoms with Crippen LogP contribution in [0.2, 0.25) is 0 Å². The molecule has 0 aromatic heterocycles. The lowest BCUT2D eigenvalue weighted by molar-refractivity contribution is 0.0826. The van der Waals surface area contributed by atoms with Crippen LogP contribution in [-0.2, 0) is 9.84 Å². The molecule has 0 aliphatic heterocycles. The Morgan fingerprint density at radius 3 is 2.22 bits per heavy atom. The van der Waals surface area contributed by atoms with Gasteiger partial charge < -0.3 is 5.11 Å². The molecule has 1 unspecified atom stereocenters. The van der Waals surface area contributed by atoms with E-state index in [0.717, 1.165) is 11.1 Å². The van der Waals surface area contributed by atoms with Crippen LogP contribution in [0.1, 0.15) is 31.9 Å². The molecule has 0 aliphatic carbocycles. The van der Waals surface area contributed by atoms with Gasteiger partial charge in [0.15, 0.2) is 9.84 Å². The number of hydrogen-bond donors (Lipinski definition) is 1. The summed E-state index contributed by atoms with van der Waals surface area (Å²) in [6.07, 6.45) is -0.872. The third kappa shape index (κ3) is 3.56. The molecular formula is C14H22O3S. The molecule has 18 heavy (non-hydrogen) atoms. The Hall–Kier alpha value is -0.870. The van der Waals surface area contributed by atoms with Crippen LogP contribution in [0.4, 0.5) is 0 Å². The van der Waals surface area contributed by atoms with Crippen LogP contribution in [0.5, 0.6) is 0 Å². The molecule has 0 bridgehead atoms. The molecule has 4 heteroatoms. The molecule has 0 radical (unpaired) electrons. The number of aliphatic hydroxyl groups excluding tert-OH is 1. The molecule has 1 N–H and O–H groups in total. The number of hydrogen-bond acceptors (Lipinski definition) is 3. The normalized spacial score (nSPS) is 14.6. The molecule has 0 saturated carbocycles. The molecule has 102 valence electrons. The Balaban J connectivity index is 3.08. The van der Waals surface area contributed by atoms with Crippen LogP contribution in [0.3, 0.4) is 0 Å². The lowest BCUT2D eigenvalue weighted by Crippen LogP contribution is -2.33. The van der Waals surface area contributed by atoms with Gasteiger partial charge in [0.25, 0.3) is 0 Å². The van der Waals surface area contributed by atoms with Gasteiger partial charge in [-0.2, -0.15) is 0 Å². The standard InChI is InChI=1S/C14H22O3S/c1-10-6-7-12(11(2)8-10)18(16,17)9-13(15)14(3,4)5/h6-8,13,15H,9H2,1-5H3. The van der Waals surface area contributed by atoms with Crippen LogP contribution < -0.4 is 0 Å². The van der Waals surface area contributed by atoms with Crippen molar-refractivity contribution < 1.29 is 13.5 Å². The monoisotopic (exact) mass is 270 g/mol. The predicted octanol–water partition coefficient (Wildman–Crippen LogP) is 2.48. The van der Waals surface area contributed by atoms with Crippen molar-refractivity contribution in [1.82, 2.24) is 0 Å². The van der Waals surface area contributed by atoms with Crippen molar-refractivity contribution in [2.24, 2.45) is 5.41 Å². The average molecular weight is 270 g/mol. The molecule has 0 amide bonds. The first-order valence-corrected chi connectivity index (χ1v) is 7.67. The second kappa shape index (κ2) is 5.02. The highest BCUT2D eigenvalue weighted by molar-refractivity contribution is 7.91. The van der Waals surface area contributed by atoms with E-state index in [1.54, 1.807) is 19.1 Å². The molecular weight excluding hydrogens is 248 g/mol. The third-order valence-electron chi connectivity index (χ3n) is 3.04. The minimum Gasteiger partial charge on any atom is -0.392 e. The quantitative estimate of drug-likeness (QED) is 0.918. The van der Waals surface area contributed by atoms with E-state index in [9.17, 15) is 13.5 Å². The topological polar surface area (TPSA) is 54.4 Å². The minimum atomic E-state index is -3.44. The number of sulfone groups is 1. The summed E-state index contributed by atoms with van der Waals surface area (Å²) < 4.78 is 24.5. The van der Waals surface area contributed by atoms with E-state index in [0.29, 0.717) is 4.90 Å². The summed E-state index contributed by atoms with van der Waals surface area (Å²) in [7, 11) is -3.44. The highest BCUT2D eigenvalue weighted by Gasteiger charge is 2.29. The summed E-state index contributed by atoms with van der Waals surface area (Å²) in [4.78, 5) is 0.316. The largest absolute Gasteiger partial charge is 0.392 e. The molecule has 1 aromatic rings. The van der Waals surface area contributed by atoms with Gasteiger partial charge >= 0.3 is 0 Å². The number of aliphatic hydroxyl groups is 1. The van der Waals surface area contributed by atoms with Crippen LogP contribution >= 0.6 is 0 Å². The van der Waals surface area contributed by atoms with Gasteiger partial charge in [-0.15, -0.1) is 0 Å². The van der Waals surface area contributed by atoms with Crippen LogP contribution in [-0.4, -0.2) is 25.4 Å². The summed E-state index contributed by atoms with van der Waals surface area (Å²) >= 11 is 0. The van der Waals surface area contributed by atoms with Gasteiger partial charge in [0, 0.05) is 0 Å². The zero-order valence-electron chi connectivity index (χ0n) is 11.7. The fraction of sp³-hybridized carbons (Fsp3) is 0.571. The second-order valence-electron chi connectivity index (χ2n) is 5.93. The summed E-state index contributed by atoms with van der Waals surface area (Å²) in [5.41, 5.74) is 1.32. The maximum absolute atomic E-state index is 12.3. The Kier molecular flexibility index (Phi) is 4.23. The summed E-state index contributed by atoms with van der Waals surface area (Å²) in [6.45, 7) is 9.19. The van der Waals surface area contributed by atoms with Gasteiger partial charge in [0.1, 0.15) is 0 Å². The van der Waals surface area contributed by atoms with Gasteiger partial charge in [-0.05, 0) is 30.9 Å². The van der Waals surface area contributed by atoms with E-state index in [1.165, 1.54) is 0 Å². The first kappa shape index (κ1) is 15.2. The van der Waals surface area contributed by atoms with E-state index in [4.69, 9.17) is 0 Å². The highest BCUT2D eigenvalue weighted by atomic mass is 32.2. The van der Waals surface area contributed by atoms with Gasteiger partial charge in [-0.1, -0.05) is 38.5 Å². The van der Waals surface area contributed by atoms with Crippen molar-refractivity contribution in [3.05, 3.63) is 29.3 Å². The van der Waals surface area contributed by atoms with Gasteiger partial charge in [-0.25, -0.2) is 8.42 Å². The van der Waals surface area contributed by atoms with E-state index >= 15 is 0 Å². The molecule has 0 saturated heterocycles. The van der Waals surface area contributed by atoms with Crippen LogP contribution in [0, 0.1) is 19.3 Å². The first-order valence-electron chi connectivity index (χ1n) is 6.02. The van der Waals surface area contributed by atoms with Crippen molar-refractivity contribution in [2.75, 3.05) is 5.75 Å². The summed E-state index contributed by atoms with van der Waals surface area (Å²) in [5.74, 6) is -0.236. The molecule has 0 fully saturated rings. The Morgan fingerprint density at radius 1 is 1.22 bits per heavy atom. The lowest BCUT2D eigenvalue weighted by Gasteiger charge is -2.25. The Bertz CT molecular complexity index is 524. The molecule has 1 rings (SSSR count). The number of aryl methyl sites for hydroxylation is 2. The summed E-state index contributed by atoms with van der Waals surface area (Å²) in [6, 6.07) is 5.25. The SMILES string of the molecule is Cc1ccc(S(=O)(=O)CC(O)C(C)(C)C)c(C)c1. The fourth-order valence-electron chi connectivity index (χ4n) is 1.70. The fourth-order valence-corrected chi connectivity index (χ4v) is 3.62. The lowest BCUT2D eigenvalue weighted by atomic mass is 9.90. The van der Waals surface area contributed by atoms with Crippen molar-refractivity contribution in [3.8, 4) is 0 Å². The Morgan fingerprint density at radius 2 is 1.78 bits per heavy atom. The molecule has 0 spiro atoms. The van der Waals surface area contributed by atoms with E-state index in [2.05, 4.69) is 0 Å². The smallest absolute Gasteiger partial charge is 0.181 e. The van der Waals surface area contributed by atoms with Gasteiger partial charge in [0.2, 0.25) is 0 Å².